The molecule has 2 N–H and O–H groups in total. The molecule has 0 unspecified atom stereocenters. The molecule has 1 aliphatic rings. The molecule has 1 fully saturated rings. The highest BCUT2D eigenvalue weighted by atomic mass is 16.5. The molecule has 0 bridgehead atoms. The minimum atomic E-state index is -0.206. The van der Waals surface area contributed by atoms with Crippen molar-refractivity contribution >= 4 is 5.91 Å². The number of amides is 1. The molecule has 1 aromatic carbocycles. The van der Waals surface area contributed by atoms with Crippen LogP contribution < -0.4 is 10.5 Å². The Bertz CT molecular complexity index is 543. The maximum Gasteiger partial charge on any atom is 0.217 e. The van der Waals surface area contributed by atoms with E-state index in [0.717, 1.165) is 38.0 Å². The molecule has 5 nitrogen and oxygen atoms in total. The molecular weight excluding hydrogens is 266 g/mol. The number of nitrogens with zero attached hydrogens (tertiary/aromatic N) is 2. The van der Waals surface area contributed by atoms with E-state index in [-0.39, 0.29) is 5.91 Å². The van der Waals surface area contributed by atoms with Crippen molar-refractivity contribution in [2.24, 2.45) is 11.7 Å². The molecule has 2 rings (SSSR count). The number of nitrogens with two attached hydrogens (primary N) is 1. The van der Waals surface area contributed by atoms with Crippen molar-refractivity contribution < 1.29 is 9.53 Å². The molecular formula is C16H21N3O2. The smallest absolute Gasteiger partial charge is 0.217 e. The summed E-state index contributed by atoms with van der Waals surface area (Å²) in [5.41, 5.74) is 6.93. The number of ether oxygens (including phenoxy) is 1. The highest BCUT2D eigenvalue weighted by Gasteiger charge is 2.20. The van der Waals surface area contributed by atoms with Crippen LogP contribution >= 0.6 is 0 Å². The molecule has 112 valence electrons. The highest BCUT2D eigenvalue weighted by Crippen LogP contribution is 2.23. The number of piperidine rings is 1. The van der Waals surface area contributed by atoms with E-state index >= 15 is 0 Å². The number of carbonyl (C=O) groups excluding carboxylic acids is 1. The first-order valence-electron chi connectivity index (χ1n) is 7.20. The second-order valence-electron chi connectivity index (χ2n) is 5.54. The first-order valence-corrected chi connectivity index (χ1v) is 7.20. The van der Waals surface area contributed by atoms with Crippen molar-refractivity contribution in [2.75, 3.05) is 20.2 Å². The zero-order valence-corrected chi connectivity index (χ0v) is 12.3. The SMILES string of the molecule is COc1ccc(CN2CCC(CC(N)=O)CC2)cc1C#N. The molecule has 21 heavy (non-hydrogen) atoms. The molecule has 0 radical (unpaired) electrons. The van der Waals surface area contributed by atoms with E-state index in [0.29, 0.717) is 23.7 Å². The van der Waals surface area contributed by atoms with Gasteiger partial charge in [0, 0.05) is 13.0 Å². The van der Waals surface area contributed by atoms with E-state index in [2.05, 4.69) is 11.0 Å². The summed E-state index contributed by atoms with van der Waals surface area (Å²) in [7, 11) is 1.57. The minimum absolute atomic E-state index is 0.206. The lowest BCUT2D eigenvalue weighted by atomic mass is 9.93. The second kappa shape index (κ2) is 7.09. The zero-order chi connectivity index (χ0) is 15.2. The van der Waals surface area contributed by atoms with Gasteiger partial charge in [-0.25, -0.2) is 0 Å². The van der Waals surface area contributed by atoms with E-state index in [1.807, 2.05) is 18.2 Å². The van der Waals surface area contributed by atoms with Crippen LogP contribution in [0.3, 0.4) is 0 Å². The van der Waals surface area contributed by atoms with Crippen LogP contribution in [0.15, 0.2) is 18.2 Å². The van der Waals surface area contributed by atoms with Gasteiger partial charge in [-0.3, -0.25) is 9.69 Å². The first kappa shape index (κ1) is 15.3. The van der Waals surface area contributed by atoms with E-state index in [1.54, 1.807) is 7.11 Å². The second-order valence-corrected chi connectivity index (χ2v) is 5.54. The predicted octanol–water partition coefficient (Wildman–Crippen LogP) is 1.65. The topological polar surface area (TPSA) is 79.3 Å². The average Bonchev–Trinajstić information content (AvgIpc) is 2.48. The molecule has 1 saturated heterocycles. The Morgan fingerprint density at radius 1 is 1.48 bits per heavy atom. The Morgan fingerprint density at radius 2 is 2.19 bits per heavy atom. The third-order valence-electron chi connectivity index (χ3n) is 3.99. The number of primary amides is 1. The molecule has 5 heteroatoms. The fourth-order valence-electron chi connectivity index (χ4n) is 2.83. The fraction of sp³-hybridized carbons (Fsp3) is 0.500. The first-order chi connectivity index (χ1) is 10.1. The minimum Gasteiger partial charge on any atom is -0.495 e. The Labute approximate surface area is 125 Å². The Balaban J connectivity index is 1.92. The summed E-state index contributed by atoms with van der Waals surface area (Å²) in [6, 6.07) is 7.88. The van der Waals surface area contributed by atoms with Gasteiger partial charge in [0.1, 0.15) is 11.8 Å². The lowest BCUT2D eigenvalue weighted by molar-refractivity contribution is -0.119. The van der Waals surface area contributed by atoms with Crippen molar-refractivity contribution in [1.82, 2.24) is 4.90 Å². The van der Waals surface area contributed by atoms with Crippen LogP contribution in [0.5, 0.6) is 5.75 Å². The van der Waals surface area contributed by atoms with E-state index < -0.39 is 0 Å². The van der Waals surface area contributed by atoms with Gasteiger partial charge in [0.2, 0.25) is 5.91 Å². The fourth-order valence-corrected chi connectivity index (χ4v) is 2.83. The molecule has 1 aromatic rings. The van der Waals surface area contributed by atoms with Gasteiger partial charge in [0.15, 0.2) is 0 Å². The van der Waals surface area contributed by atoms with Gasteiger partial charge >= 0.3 is 0 Å². The summed E-state index contributed by atoms with van der Waals surface area (Å²) in [6.45, 7) is 2.75. The van der Waals surface area contributed by atoms with Crippen LogP contribution in [0, 0.1) is 17.2 Å². The Morgan fingerprint density at radius 3 is 2.76 bits per heavy atom. The molecule has 0 aromatic heterocycles. The highest BCUT2D eigenvalue weighted by molar-refractivity contribution is 5.73. The van der Waals surface area contributed by atoms with Crippen molar-refractivity contribution in [2.45, 2.75) is 25.8 Å². The predicted molar refractivity (Wildman–Crippen MR) is 79.5 cm³/mol. The summed E-state index contributed by atoms with van der Waals surface area (Å²) < 4.78 is 5.15. The molecule has 0 atom stereocenters. The Hall–Kier alpha value is -2.06. The summed E-state index contributed by atoms with van der Waals surface area (Å²) in [4.78, 5) is 13.3. The third-order valence-corrected chi connectivity index (χ3v) is 3.99. The zero-order valence-electron chi connectivity index (χ0n) is 12.3. The molecule has 0 saturated carbocycles. The number of carbonyl (C=O) groups is 1. The monoisotopic (exact) mass is 287 g/mol. The van der Waals surface area contributed by atoms with E-state index in [9.17, 15) is 4.79 Å². The molecule has 1 heterocycles. The number of benzene rings is 1. The largest absolute Gasteiger partial charge is 0.495 e. The summed E-state index contributed by atoms with van der Waals surface area (Å²) in [6.07, 6.45) is 2.50. The van der Waals surface area contributed by atoms with Gasteiger partial charge in [-0.15, -0.1) is 0 Å². The number of methoxy groups -OCH3 is 1. The van der Waals surface area contributed by atoms with Crippen LogP contribution in [0.4, 0.5) is 0 Å². The molecule has 0 aliphatic carbocycles. The normalized spacial score (nSPS) is 16.4. The number of likely N-dealkylation sites (tertiary alicyclic amines) is 1. The quantitative estimate of drug-likeness (QED) is 0.893. The molecule has 1 aliphatic heterocycles. The third kappa shape index (κ3) is 4.20. The van der Waals surface area contributed by atoms with Gasteiger partial charge in [0.25, 0.3) is 0 Å². The van der Waals surface area contributed by atoms with Crippen molar-refractivity contribution in [3.05, 3.63) is 29.3 Å². The van der Waals surface area contributed by atoms with E-state index in [4.69, 9.17) is 15.7 Å². The van der Waals surface area contributed by atoms with Crippen molar-refractivity contribution in [3.63, 3.8) is 0 Å². The molecule has 0 spiro atoms. The van der Waals surface area contributed by atoms with Crippen LogP contribution in [0.25, 0.3) is 0 Å². The van der Waals surface area contributed by atoms with Crippen LogP contribution in [0.2, 0.25) is 0 Å². The average molecular weight is 287 g/mol. The van der Waals surface area contributed by atoms with Gasteiger partial charge in [-0.2, -0.15) is 5.26 Å². The summed E-state index contributed by atoms with van der Waals surface area (Å²) in [5.74, 6) is 0.827. The number of hydrogen-bond acceptors (Lipinski definition) is 4. The van der Waals surface area contributed by atoms with Crippen molar-refractivity contribution in [1.29, 1.82) is 5.26 Å². The molecule has 1 amide bonds. The maximum absolute atomic E-state index is 10.9. The summed E-state index contributed by atoms with van der Waals surface area (Å²) >= 11 is 0. The van der Waals surface area contributed by atoms with Gasteiger partial charge in [-0.1, -0.05) is 6.07 Å². The standard InChI is InChI=1S/C16H21N3O2/c1-21-15-3-2-13(8-14(15)10-17)11-19-6-4-12(5-7-19)9-16(18)20/h2-3,8,12H,4-7,9,11H2,1H3,(H2,18,20). The number of nitriles is 1. The van der Waals surface area contributed by atoms with Crippen LogP contribution in [-0.4, -0.2) is 31.0 Å². The summed E-state index contributed by atoms with van der Waals surface area (Å²) in [5, 5.41) is 9.11. The lowest BCUT2D eigenvalue weighted by Crippen LogP contribution is -2.34. The number of rotatable bonds is 5. The van der Waals surface area contributed by atoms with E-state index in [1.165, 1.54) is 0 Å². The van der Waals surface area contributed by atoms with Gasteiger partial charge < -0.3 is 10.5 Å². The van der Waals surface area contributed by atoms with Gasteiger partial charge in [0.05, 0.1) is 12.7 Å². The van der Waals surface area contributed by atoms with Crippen LogP contribution in [-0.2, 0) is 11.3 Å². The lowest BCUT2D eigenvalue weighted by Gasteiger charge is -2.31. The maximum atomic E-state index is 10.9. The Kier molecular flexibility index (Phi) is 5.18. The van der Waals surface area contributed by atoms with Crippen LogP contribution in [0.1, 0.15) is 30.4 Å². The van der Waals surface area contributed by atoms with Gasteiger partial charge in [-0.05, 0) is 49.5 Å². The number of hydrogen-bond donors (Lipinski definition) is 1. The van der Waals surface area contributed by atoms with Crippen molar-refractivity contribution in [3.8, 4) is 11.8 Å².